The molecule has 1 N–H and O–H groups in total. The Bertz CT molecular complexity index is 649. The Morgan fingerprint density at radius 3 is 2.57 bits per heavy atom. The number of nitrogens with zero attached hydrogens (tertiary/aromatic N) is 2. The minimum absolute atomic E-state index is 0.111. The minimum Gasteiger partial charge on any atom is -0.357 e. The smallest absolute Gasteiger partial charge is 0.223 e. The van der Waals surface area contributed by atoms with Gasteiger partial charge in [0.15, 0.2) is 0 Å². The van der Waals surface area contributed by atoms with Gasteiger partial charge in [-0.2, -0.15) is 0 Å². The maximum Gasteiger partial charge on any atom is 0.223 e. The van der Waals surface area contributed by atoms with E-state index in [9.17, 15) is 4.79 Å². The molecule has 0 spiro atoms. The van der Waals surface area contributed by atoms with E-state index >= 15 is 0 Å². The molecular weight excluding hydrogens is 286 g/mol. The molecule has 2 heterocycles. The predicted molar refractivity (Wildman–Crippen MR) is 92.2 cm³/mol. The van der Waals surface area contributed by atoms with Crippen molar-refractivity contribution in [2.24, 2.45) is 5.92 Å². The third-order valence-corrected chi connectivity index (χ3v) is 4.37. The van der Waals surface area contributed by atoms with Crippen molar-refractivity contribution >= 4 is 11.7 Å². The molecule has 1 aromatic heterocycles. The SMILES string of the molecule is Cc1cccc(N2CCC(C(=O)NCc3ccccc3)CC2)n1. The van der Waals surface area contributed by atoms with Crippen LogP contribution in [0.4, 0.5) is 5.82 Å². The van der Waals surface area contributed by atoms with Gasteiger partial charge in [0.1, 0.15) is 5.82 Å². The fourth-order valence-corrected chi connectivity index (χ4v) is 3.00. The monoisotopic (exact) mass is 309 g/mol. The fraction of sp³-hybridized carbons (Fsp3) is 0.368. The summed E-state index contributed by atoms with van der Waals surface area (Å²) in [5.41, 5.74) is 2.17. The summed E-state index contributed by atoms with van der Waals surface area (Å²) in [6.45, 7) is 4.40. The van der Waals surface area contributed by atoms with Crippen LogP contribution in [0.5, 0.6) is 0 Å². The summed E-state index contributed by atoms with van der Waals surface area (Å²) in [6, 6.07) is 16.1. The van der Waals surface area contributed by atoms with Crippen LogP contribution < -0.4 is 10.2 Å². The van der Waals surface area contributed by atoms with Crippen molar-refractivity contribution in [3.05, 3.63) is 59.8 Å². The number of benzene rings is 1. The van der Waals surface area contributed by atoms with Crippen molar-refractivity contribution in [2.75, 3.05) is 18.0 Å². The second kappa shape index (κ2) is 7.27. The summed E-state index contributed by atoms with van der Waals surface area (Å²) in [7, 11) is 0. The Kier molecular flexibility index (Phi) is 4.91. The Morgan fingerprint density at radius 1 is 1.13 bits per heavy atom. The molecule has 1 fully saturated rings. The van der Waals surface area contributed by atoms with Crippen molar-refractivity contribution in [3.63, 3.8) is 0 Å². The van der Waals surface area contributed by atoms with E-state index in [1.54, 1.807) is 0 Å². The molecule has 4 nitrogen and oxygen atoms in total. The van der Waals surface area contributed by atoms with E-state index < -0.39 is 0 Å². The van der Waals surface area contributed by atoms with E-state index in [0.717, 1.165) is 43.0 Å². The van der Waals surface area contributed by atoms with E-state index in [0.29, 0.717) is 6.54 Å². The van der Waals surface area contributed by atoms with Gasteiger partial charge >= 0.3 is 0 Å². The maximum absolute atomic E-state index is 12.3. The lowest BCUT2D eigenvalue weighted by Gasteiger charge is -2.32. The van der Waals surface area contributed by atoms with Gasteiger partial charge in [-0.3, -0.25) is 4.79 Å². The molecule has 0 unspecified atom stereocenters. The van der Waals surface area contributed by atoms with Gasteiger partial charge in [-0.25, -0.2) is 4.98 Å². The number of pyridine rings is 1. The zero-order chi connectivity index (χ0) is 16.1. The summed E-state index contributed by atoms with van der Waals surface area (Å²) in [4.78, 5) is 19.2. The van der Waals surface area contributed by atoms with Crippen LogP contribution in [0.1, 0.15) is 24.1 Å². The van der Waals surface area contributed by atoms with Crippen molar-refractivity contribution in [1.82, 2.24) is 10.3 Å². The molecule has 1 aliphatic heterocycles. The van der Waals surface area contributed by atoms with Gasteiger partial charge in [0.2, 0.25) is 5.91 Å². The Morgan fingerprint density at radius 2 is 1.87 bits per heavy atom. The summed E-state index contributed by atoms with van der Waals surface area (Å²) >= 11 is 0. The first-order chi connectivity index (χ1) is 11.2. The highest BCUT2D eigenvalue weighted by Crippen LogP contribution is 2.22. The zero-order valence-electron chi connectivity index (χ0n) is 13.5. The van der Waals surface area contributed by atoms with E-state index in [-0.39, 0.29) is 11.8 Å². The number of aromatic nitrogens is 1. The van der Waals surface area contributed by atoms with Gasteiger partial charge in [0.05, 0.1) is 0 Å². The van der Waals surface area contributed by atoms with Crippen LogP contribution in [-0.4, -0.2) is 24.0 Å². The number of anilines is 1. The van der Waals surface area contributed by atoms with Crippen LogP contribution in [0.3, 0.4) is 0 Å². The highest BCUT2D eigenvalue weighted by atomic mass is 16.1. The molecule has 1 amide bonds. The fourth-order valence-electron chi connectivity index (χ4n) is 3.00. The van der Waals surface area contributed by atoms with Crippen LogP contribution in [0.25, 0.3) is 0 Å². The van der Waals surface area contributed by atoms with E-state index in [2.05, 4.69) is 15.2 Å². The largest absolute Gasteiger partial charge is 0.357 e. The zero-order valence-corrected chi connectivity index (χ0v) is 13.5. The number of carbonyl (C=O) groups excluding carboxylic acids is 1. The second-order valence-corrected chi connectivity index (χ2v) is 6.10. The second-order valence-electron chi connectivity index (χ2n) is 6.10. The first-order valence-electron chi connectivity index (χ1n) is 8.22. The average Bonchev–Trinajstić information content (AvgIpc) is 2.61. The first-order valence-corrected chi connectivity index (χ1v) is 8.22. The Balaban J connectivity index is 1.49. The van der Waals surface area contributed by atoms with Crippen LogP contribution in [0.15, 0.2) is 48.5 Å². The molecule has 1 saturated heterocycles. The van der Waals surface area contributed by atoms with E-state index in [1.807, 2.05) is 55.5 Å². The highest BCUT2D eigenvalue weighted by molar-refractivity contribution is 5.79. The molecule has 23 heavy (non-hydrogen) atoms. The lowest BCUT2D eigenvalue weighted by molar-refractivity contribution is -0.125. The van der Waals surface area contributed by atoms with E-state index in [1.165, 1.54) is 0 Å². The number of rotatable bonds is 4. The molecule has 4 heteroatoms. The molecule has 0 saturated carbocycles. The average molecular weight is 309 g/mol. The Hall–Kier alpha value is -2.36. The number of aryl methyl sites for hydroxylation is 1. The molecule has 1 aliphatic rings. The number of hydrogen-bond donors (Lipinski definition) is 1. The van der Waals surface area contributed by atoms with Gasteiger partial charge in [-0.15, -0.1) is 0 Å². The van der Waals surface area contributed by atoms with Crippen LogP contribution in [-0.2, 0) is 11.3 Å². The summed E-state index contributed by atoms with van der Waals surface area (Å²) < 4.78 is 0. The molecule has 0 atom stereocenters. The molecular formula is C19H23N3O. The van der Waals surface area contributed by atoms with Crippen LogP contribution >= 0.6 is 0 Å². The normalized spacial score (nSPS) is 15.4. The molecule has 0 radical (unpaired) electrons. The van der Waals surface area contributed by atoms with Gasteiger partial charge < -0.3 is 10.2 Å². The van der Waals surface area contributed by atoms with Gasteiger partial charge in [-0.1, -0.05) is 36.4 Å². The van der Waals surface area contributed by atoms with Gasteiger partial charge in [0, 0.05) is 31.2 Å². The van der Waals surface area contributed by atoms with Gasteiger partial charge in [-0.05, 0) is 37.5 Å². The third kappa shape index (κ3) is 4.09. The van der Waals surface area contributed by atoms with Crippen molar-refractivity contribution in [1.29, 1.82) is 0 Å². The first kappa shape index (κ1) is 15.5. The quantitative estimate of drug-likeness (QED) is 0.944. The number of hydrogen-bond acceptors (Lipinski definition) is 3. The van der Waals surface area contributed by atoms with Crippen molar-refractivity contribution in [2.45, 2.75) is 26.3 Å². The van der Waals surface area contributed by atoms with Crippen molar-refractivity contribution < 1.29 is 4.79 Å². The lowest BCUT2D eigenvalue weighted by atomic mass is 9.96. The topological polar surface area (TPSA) is 45.2 Å². The molecule has 2 aromatic rings. The highest BCUT2D eigenvalue weighted by Gasteiger charge is 2.25. The van der Waals surface area contributed by atoms with Crippen LogP contribution in [0.2, 0.25) is 0 Å². The minimum atomic E-state index is 0.111. The molecule has 120 valence electrons. The molecule has 0 aliphatic carbocycles. The predicted octanol–water partition coefficient (Wildman–Crippen LogP) is 2.92. The molecule has 3 rings (SSSR count). The molecule has 0 bridgehead atoms. The summed E-state index contributed by atoms with van der Waals surface area (Å²) in [5, 5.41) is 3.06. The Labute approximate surface area is 137 Å². The molecule has 1 aromatic carbocycles. The standard InChI is InChI=1S/C19H23N3O/c1-15-6-5-9-18(21-15)22-12-10-17(11-13-22)19(23)20-14-16-7-3-2-4-8-16/h2-9,17H,10-14H2,1H3,(H,20,23). The van der Waals surface area contributed by atoms with Crippen molar-refractivity contribution in [3.8, 4) is 0 Å². The lowest BCUT2D eigenvalue weighted by Crippen LogP contribution is -2.40. The van der Waals surface area contributed by atoms with Crippen LogP contribution in [0, 0.1) is 12.8 Å². The van der Waals surface area contributed by atoms with E-state index in [4.69, 9.17) is 0 Å². The number of amides is 1. The number of piperidine rings is 1. The third-order valence-electron chi connectivity index (χ3n) is 4.37. The number of carbonyl (C=O) groups is 1. The summed E-state index contributed by atoms with van der Waals surface area (Å²) in [6.07, 6.45) is 1.77. The maximum atomic E-state index is 12.3. The number of nitrogens with one attached hydrogen (secondary N) is 1. The van der Waals surface area contributed by atoms with Gasteiger partial charge in [0.25, 0.3) is 0 Å². The summed E-state index contributed by atoms with van der Waals surface area (Å²) in [5.74, 6) is 1.30.